The highest BCUT2D eigenvalue weighted by Crippen LogP contribution is 2.20. The van der Waals surface area contributed by atoms with Gasteiger partial charge in [-0.2, -0.15) is 0 Å². The number of nitrogens with zero attached hydrogens (tertiary/aromatic N) is 1. The normalized spacial score (nSPS) is 19.0. The third-order valence-electron chi connectivity index (χ3n) is 5.25. The zero-order valence-corrected chi connectivity index (χ0v) is 16.9. The lowest BCUT2D eigenvalue weighted by atomic mass is 9.94. The highest BCUT2D eigenvalue weighted by molar-refractivity contribution is 5.91. The minimum absolute atomic E-state index is 0.0242. The summed E-state index contributed by atoms with van der Waals surface area (Å²) in [6.07, 6.45) is 5.03. The van der Waals surface area contributed by atoms with Crippen molar-refractivity contribution < 1.29 is 19.6 Å². The van der Waals surface area contributed by atoms with Crippen LogP contribution in [0.5, 0.6) is 0 Å². The van der Waals surface area contributed by atoms with Crippen LogP contribution in [0, 0.1) is 11.8 Å². The van der Waals surface area contributed by atoms with Crippen LogP contribution < -0.4 is 16.5 Å². The number of hydrogen-bond acceptors (Lipinski definition) is 5. The van der Waals surface area contributed by atoms with Crippen LogP contribution in [0.15, 0.2) is 0 Å². The second-order valence-corrected chi connectivity index (χ2v) is 7.73. The molecule has 3 amide bonds. The minimum Gasteiger partial charge on any atom is -0.344 e. The van der Waals surface area contributed by atoms with E-state index in [0.29, 0.717) is 19.5 Å². The number of nitrogens with two attached hydrogens (primary N) is 1. The first-order valence-electron chi connectivity index (χ1n) is 10.1. The first kappa shape index (κ1) is 23.4. The number of hydroxylamine groups is 1. The molecule has 1 saturated heterocycles. The molecular formula is C19H36N4O4. The maximum atomic E-state index is 13.0. The molecule has 1 heterocycles. The summed E-state index contributed by atoms with van der Waals surface area (Å²) >= 11 is 0. The molecule has 0 aromatic rings. The summed E-state index contributed by atoms with van der Waals surface area (Å²) in [6, 6.07) is -0.619. The minimum atomic E-state index is -0.643. The molecule has 0 unspecified atom stereocenters. The third kappa shape index (κ3) is 7.10. The van der Waals surface area contributed by atoms with E-state index in [-0.39, 0.29) is 30.2 Å². The van der Waals surface area contributed by atoms with Crippen molar-refractivity contribution >= 4 is 17.7 Å². The van der Waals surface area contributed by atoms with Crippen LogP contribution in [0.2, 0.25) is 0 Å². The van der Waals surface area contributed by atoms with Crippen LogP contribution in [0.3, 0.4) is 0 Å². The monoisotopic (exact) mass is 384 g/mol. The van der Waals surface area contributed by atoms with E-state index in [2.05, 4.69) is 12.2 Å². The van der Waals surface area contributed by atoms with Crippen molar-refractivity contribution in [1.29, 1.82) is 0 Å². The van der Waals surface area contributed by atoms with Crippen molar-refractivity contribution in [2.45, 2.75) is 77.8 Å². The molecule has 0 aromatic carbocycles. The summed E-state index contributed by atoms with van der Waals surface area (Å²) in [5.41, 5.74) is 7.37. The first-order chi connectivity index (χ1) is 12.8. The van der Waals surface area contributed by atoms with Gasteiger partial charge in [0.2, 0.25) is 17.7 Å². The summed E-state index contributed by atoms with van der Waals surface area (Å²) in [5, 5.41) is 11.7. The predicted molar refractivity (Wildman–Crippen MR) is 103 cm³/mol. The molecule has 8 nitrogen and oxygen atoms in total. The van der Waals surface area contributed by atoms with Crippen LogP contribution in [0.4, 0.5) is 0 Å². The van der Waals surface area contributed by atoms with E-state index in [0.717, 1.165) is 32.1 Å². The fourth-order valence-corrected chi connectivity index (χ4v) is 3.57. The van der Waals surface area contributed by atoms with Crippen LogP contribution >= 0.6 is 0 Å². The Labute approximate surface area is 162 Å². The SMILES string of the molecule is CCCCC[C@@H](CC(=O)NO)C(=O)N[C@H](C(=O)N1CCC[C@H]1CN)C(C)C. The summed E-state index contributed by atoms with van der Waals surface area (Å²) in [7, 11) is 0. The fraction of sp³-hybridized carbons (Fsp3) is 0.842. The van der Waals surface area contributed by atoms with Gasteiger partial charge in [-0.05, 0) is 25.2 Å². The molecule has 5 N–H and O–H groups in total. The molecule has 0 bridgehead atoms. The maximum absolute atomic E-state index is 13.0. The number of likely N-dealkylation sites (tertiary alicyclic amines) is 1. The van der Waals surface area contributed by atoms with Crippen LogP contribution in [-0.2, 0) is 14.4 Å². The van der Waals surface area contributed by atoms with Crippen molar-refractivity contribution in [1.82, 2.24) is 15.7 Å². The van der Waals surface area contributed by atoms with Gasteiger partial charge >= 0.3 is 0 Å². The second-order valence-electron chi connectivity index (χ2n) is 7.73. The van der Waals surface area contributed by atoms with Crippen molar-refractivity contribution in [3.8, 4) is 0 Å². The third-order valence-corrected chi connectivity index (χ3v) is 5.25. The number of hydrogen-bond donors (Lipinski definition) is 4. The summed E-state index contributed by atoms with van der Waals surface area (Å²) in [4.78, 5) is 39.1. The molecule has 0 aliphatic carbocycles. The van der Waals surface area contributed by atoms with Crippen molar-refractivity contribution in [2.75, 3.05) is 13.1 Å². The lowest BCUT2D eigenvalue weighted by Crippen LogP contribution is -2.54. The Bertz CT molecular complexity index is 498. The summed E-state index contributed by atoms with van der Waals surface area (Å²) in [5.74, 6) is -1.66. The van der Waals surface area contributed by atoms with Crippen LogP contribution in [-0.4, -0.2) is 53.0 Å². The van der Waals surface area contributed by atoms with Gasteiger partial charge in [-0.3, -0.25) is 19.6 Å². The van der Waals surface area contributed by atoms with Crippen LogP contribution in [0.25, 0.3) is 0 Å². The Hall–Kier alpha value is -1.67. The number of nitrogens with one attached hydrogen (secondary N) is 2. The molecule has 3 atom stereocenters. The summed E-state index contributed by atoms with van der Waals surface area (Å²) < 4.78 is 0. The molecule has 1 aliphatic rings. The van der Waals surface area contributed by atoms with Gasteiger partial charge in [-0.15, -0.1) is 0 Å². The maximum Gasteiger partial charge on any atom is 0.245 e. The Kier molecular flexibility index (Phi) is 10.3. The summed E-state index contributed by atoms with van der Waals surface area (Å²) in [6.45, 7) is 6.92. The van der Waals surface area contributed by atoms with E-state index < -0.39 is 17.9 Å². The molecule has 0 spiro atoms. The van der Waals surface area contributed by atoms with Gasteiger partial charge in [0, 0.05) is 31.5 Å². The highest BCUT2D eigenvalue weighted by Gasteiger charge is 2.35. The van der Waals surface area contributed by atoms with Gasteiger partial charge < -0.3 is 16.0 Å². The lowest BCUT2D eigenvalue weighted by molar-refractivity contribution is -0.140. The molecular weight excluding hydrogens is 348 g/mol. The molecule has 0 saturated carbocycles. The van der Waals surface area contributed by atoms with Gasteiger partial charge in [-0.1, -0.05) is 40.0 Å². The Morgan fingerprint density at radius 2 is 1.96 bits per heavy atom. The topological polar surface area (TPSA) is 125 Å². The lowest BCUT2D eigenvalue weighted by Gasteiger charge is -2.31. The molecule has 0 aromatic heterocycles. The van der Waals surface area contributed by atoms with Gasteiger partial charge in [0.1, 0.15) is 6.04 Å². The Morgan fingerprint density at radius 3 is 2.52 bits per heavy atom. The zero-order valence-electron chi connectivity index (χ0n) is 16.9. The van der Waals surface area contributed by atoms with Gasteiger partial charge in [-0.25, -0.2) is 5.48 Å². The largest absolute Gasteiger partial charge is 0.344 e. The van der Waals surface area contributed by atoms with E-state index >= 15 is 0 Å². The van der Waals surface area contributed by atoms with Crippen LogP contribution in [0.1, 0.15) is 65.7 Å². The quantitative estimate of drug-likeness (QED) is 0.242. The van der Waals surface area contributed by atoms with Crippen molar-refractivity contribution in [2.24, 2.45) is 17.6 Å². The second kappa shape index (κ2) is 11.9. The van der Waals surface area contributed by atoms with Gasteiger partial charge in [0.25, 0.3) is 0 Å². The molecule has 27 heavy (non-hydrogen) atoms. The van der Waals surface area contributed by atoms with E-state index in [1.807, 2.05) is 13.8 Å². The predicted octanol–water partition coefficient (Wildman–Crippen LogP) is 1.17. The fourth-order valence-electron chi connectivity index (χ4n) is 3.57. The number of amides is 3. The van der Waals surface area contributed by atoms with Crippen molar-refractivity contribution in [3.05, 3.63) is 0 Å². The molecule has 1 aliphatic heterocycles. The number of rotatable bonds is 11. The number of unbranched alkanes of at least 4 members (excludes halogenated alkanes) is 2. The first-order valence-corrected chi connectivity index (χ1v) is 10.1. The average molecular weight is 385 g/mol. The van der Waals surface area contributed by atoms with Gasteiger partial charge in [0.05, 0.1) is 0 Å². The average Bonchev–Trinajstić information content (AvgIpc) is 3.13. The Morgan fingerprint density at radius 1 is 1.26 bits per heavy atom. The standard InChI is InChI=1S/C19H36N4O4/c1-4-5-6-8-14(11-16(24)22-27)18(25)21-17(13(2)3)19(26)23-10-7-9-15(23)12-20/h13-15,17,27H,4-12,20H2,1-3H3,(H,21,25)(H,22,24)/t14-,15-,17-/m0/s1. The molecule has 8 heteroatoms. The number of carbonyl (C=O) groups excluding carboxylic acids is 3. The van der Waals surface area contributed by atoms with Gasteiger partial charge in [0.15, 0.2) is 0 Å². The molecule has 0 radical (unpaired) electrons. The molecule has 1 rings (SSSR count). The van der Waals surface area contributed by atoms with E-state index in [1.165, 1.54) is 0 Å². The van der Waals surface area contributed by atoms with Crippen molar-refractivity contribution in [3.63, 3.8) is 0 Å². The van der Waals surface area contributed by atoms with E-state index in [1.54, 1.807) is 10.4 Å². The zero-order chi connectivity index (χ0) is 20.4. The van der Waals surface area contributed by atoms with E-state index in [9.17, 15) is 14.4 Å². The number of carbonyl (C=O) groups is 3. The highest BCUT2D eigenvalue weighted by atomic mass is 16.5. The molecule has 1 fully saturated rings. The smallest absolute Gasteiger partial charge is 0.245 e. The van der Waals surface area contributed by atoms with E-state index in [4.69, 9.17) is 10.9 Å². The molecule has 156 valence electrons. The Balaban J connectivity index is 2.82.